The summed E-state index contributed by atoms with van der Waals surface area (Å²) in [6.07, 6.45) is 0.767. The summed E-state index contributed by atoms with van der Waals surface area (Å²) in [4.78, 5) is 4.58. The van der Waals surface area contributed by atoms with Gasteiger partial charge in [0.05, 0.1) is 24.4 Å². The van der Waals surface area contributed by atoms with Crippen LogP contribution < -0.4 is 5.73 Å². The Balaban J connectivity index is 2.40. The number of nitrogens with two attached hydrogens (primary N) is 1. The molecule has 3 rings (SSSR count). The van der Waals surface area contributed by atoms with E-state index in [0.717, 1.165) is 26.8 Å². The van der Waals surface area contributed by atoms with Gasteiger partial charge in [0, 0.05) is 26.6 Å². The van der Waals surface area contributed by atoms with Crippen molar-refractivity contribution < 1.29 is 9.13 Å². The number of halogens is 2. The van der Waals surface area contributed by atoms with Gasteiger partial charge in [0.25, 0.3) is 0 Å². The van der Waals surface area contributed by atoms with Crippen LogP contribution >= 0.6 is 22.6 Å². The van der Waals surface area contributed by atoms with Crippen LogP contribution in [0.15, 0.2) is 12.1 Å². The quantitative estimate of drug-likeness (QED) is 0.748. The zero-order valence-electron chi connectivity index (χ0n) is 8.96. The van der Waals surface area contributed by atoms with Crippen molar-refractivity contribution in [2.24, 2.45) is 0 Å². The maximum atomic E-state index is 13.4. The molecule has 1 aromatic heterocycles. The number of hydrogen-bond acceptors (Lipinski definition) is 3. The fraction of sp³-hybridized carbons (Fsp3) is 0.250. The van der Waals surface area contributed by atoms with E-state index >= 15 is 0 Å². The first-order valence-electron chi connectivity index (χ1n) is 5.30. The first kappa shape index (κ1) is 11.2. The first-order valence-corrected chi connectivity index (χ1v) is 6.38. The Bertz CT molecular complexity index is 615. The molecule has 88 valence electrons. The average molecular weight is 344 g/mol. The minimum atomic E-state index is -0.285. The van der Waals surface area contributed by atoms with Crippen LogP contribution in [0.25, 0.3) is 10.9 Å². The second kappa shape index (κ2) is 4.06. The summed E-state index contributed by atoms with van der Waals surface area (Å²) < 4.78 is 19.6. The van der Waals surface area contributed by atoms with E-state index in [2.05, 4.69) is 27.6 Å². The highest BCUT2D eigenvalue weighted by molar-refractivity contribution is 14.1. The Morgan fingerprint density at radius 1 is 1.41 bits per heavy atom. The van der Waals surface area contributed by atoms with E-state index < -0.39 is 0 Å². The Kier molecular flexibility index (Phi) is 2.67. The zero-order valence-corrected chi connectivity index (χ0v) is 11.1. The summed E-state index contributed by atoms with van der Waals surface area (Å²) >= 11 is 2.09. The molecule has 0 amide bonds. The summed E-state index contributed by atoms with van der Waals surface area (Å²) in [5, 5.41) is 0.679. The molecule has 0 bridgehead atoms. The van der Waals surface area contributed by atoms with Gasteiger partial charge >= 0.3 is 0 Å². The molecule has 1 aliphatic heterocycles. The van der Waals surface area contributed by atoms with Crippen molar-refractivity contribution in [2.45, 2.75) is 13.0 Å². The van der Waals surface area contributed by atoms with Gasteiger partial charge in [0.2, 0.25) is 0 Å². The number of fused-ring (bicyclic) bond motifs is 2. The van der Waals surface area contributed by atoms with Crippen LogP contribution in [0.4, 0.5) is 10.1 Å². The molecular formula is C12H10FIN2O. The molecule has 0 fully saturated rings. The van der Waals surface area contributed by atoms with Crippen molar-refractivity contribution in [3.8, 4) is 0 Å². The van der Waals surface area contributed by atoms with Crippen LogP contribution in [-0.4, -0.2) is 11.6 Å². The van der Waals surface area contributed by atoms with E-state index in [9.17, 15) is 4.39 Å². The van der Waals surface area contributed by atoms with Gasteiger partial charge < -0.3 is 10.5 Å². The third kappa shape index (κ3) is 1.77. The standard InChI is InChI=1S/C12H10FIN2O/c13-6-3-7-11(15)8-5-17-2-1-10(8)16-12(7)9(14)4-6/h3-4H,1-2,5H2,(H2,15,16). The van der Waals surface area contributed by atoms with E-state index in [1.54, 1.807) is 0 Å². The van der Waals surface area contributed by atoms with Crippen LogP contribution in [0.5, 0.6) is 0 Å². The van der Waals surface area contributed by atoms with Crippen molar-refractivity contribution in [1.29, 1.82) is 0 Å². The van der Waals surface area contributed by atoms with Crippen LogP contribution in [0.3, 0.4) is 0 Å². The Morgan fingerprint density at radius 2 is 2.24 bits per heavy atom. The van der Waals surface area contributed by atoms with Gasteiger partial charge in [0.1, 0.15) is 5.82 Å². The van der Waals surface area contributed by atoms with Crippen molar-refractivity contribution in [3.05, 3.63) is 32.8 Å². The smallest absolute Gasteiger partial charge is 0.125 e. The molecule has 2 aromatic rings. The van der Waals surface area contributed by atoms with E-state index in [4.69, 9.17) is 10.5 Å². The number of benzene rings is 1. The third-order valence-electron chi connectivity index (χ3n) is 2.97. The molecule has 0 saturated carbocycles. The zero-order chi connectivity index (χ0) is 12.0. The summed E-state index contributed by atoms with van der Waals surface area (Å²) in [7, 11) is 0. The second-order valence-corrected chi connectivity index (χ2v) is 5.20. The minimum Gasteiger partial charge on any atom is -0.398 e. The molecule has 0 saturated heterocycles. The number of aromatic nitrogens is 1. The average Bonchev–Trinajstić information content (AvgIpc) is 2.31. The molecule has 0 radical (unpaired) electrons. The van der Waals surface area contributed by atoms with Crippen molar-refractivity contribution in [1.82, 2.24) is 4.98 Å². The molecule has 3 nitrogen and oxygen atoms in total. The second-order valence-electron chi connectivity index (χ2n) is 4.04. The number of rotatable bonds is 0. The molecule has 0 aliphatic carbocycles. The van der Waals surface area contributed by atoms with Crippen molar-refractivity contribution in [2.75, 3.05) is 12.3 Å². The number of hydrogen-bond donors (Lipinski definition) is 1. The third-order valence-corrected chi connectivity index (χ3v) is 3.79. The van der Waals surface area contributed by atoms with Crippen LogP contribution in [-0.2, 0) is 17.8 Å². The Morgan fingerprint density at radius 3 is 3.06 bits per heavy atom. The molecular weight excluding hydrogens is 334 g/mol. The van der Waals surface area contributed by atoms with E-state index in [-0.39, 0.29) is 5.82 Å². The van der Waals surface area contributed by atoms with E-state index in [0.29, 0.717) is 24.3 Å². The molecule has 1 aromatic carbocycles. The highest BCUT2D eigenvalue weighted by Gasteiger charge is 2.18. The fourth-order valence-electron chi connectivity index (χ4n) is 2.12. The van der Waals surface area contributed by atoms with Gasteiger partial charge in [-0.1, -0.05) is 0 Å². The molecule has 5 heteroatoms. The lowest BCUT2D eigenvalue weighted by Crippen LogP contribution is -2.14. The van der Waals surface area contributed by atoms with Gasteiger partial charge in [-0.15, -0.1) is 0 Å². The molecule has 2 heterocycles. The topological polar surface area (TPSA) is 48.1 Å². The van der Waals surface area contributed by atoms with Gasteiger partial charge in [-0.3, -0.25) is 4.98 Å². The maximum Gasteiger partial charge on any atom is 0.125 e. The Labute approximate surface area is 111 Å². The SMILES string of the molecule is Nc1c2c(nc3c(I)cc(F)cc13)CCOC2. The van der Waals surface area contributed by atoms with E-state index in [1.807, 2.05) is 0 Å². The van der Waals surface area contributed by atoms with Crippen LogP contribution in [0.2, 0.25) is 0 Å². The van der Waals surface area contributed by atoms with Gasteiger partial charge in [0.15, 0.2) is 0 Å². The number of nitrogens with zero attached hydrogens (tertiary/aromatic N) is 1. The molecule has 0 atom stereocenters. The van der Waals surface area contributed by atoms with Crippen molar-refractivity contribution >= 4 is 39.2 Å². The lowest BCUT2D eigenvalue weighted by Gasteiger charge is -2.19. The van der Waals surface area contributed by atoms with Gasteiger partial charge in [-0.05, 0) is 34.7 Å². The van der Waals surface area contributed by atoms with E-state index in [1.165, 1.54) is 12.1 Å². The molecule has 1 aliphatic rings. The number of ether oxygens (including phenoxy) is 1. The Hall–Kier alpha value is -0.950. The lowest BCUT2D eigenvalue weighted by atomic mass is 10.0. The van der Waals surface area contributed by atoms with Crippen LogP contribution in [0.1, 0.15) is 11.3 Å². The molecule has 17 heavy (non-hydrogen) atoms. The fourth-order valence-corrected chi connectivity index (χ4v) is 2.82. The lowest BCUT2D eigenvalue weighted by molar-refractivity contribution is 0.110. The van der Waals surface area contributed by atoms with Gasteiger partial charge in [-0.2, -0.15) is 0 Å². The number of anilines is 1. The molecule has 0 unspecified atom stereocenters. The highest BCUT2D eigenvalue weighted by Crippen LogP contribution is 2.31. The highest BCUT2D eigenvalue weighted by atomic mass is 127. The first-order chi connectivity index (χ1) is 8.16. The summed E-state index contributed by atoms with van der Waals surface area (Å²) in [6, 6.07) is 2.91. The van der Waals surface area contributed by atoms with Crippen LogP contribution in [0, 0.1) is 9.39 Å². The predicted octanol–water partition coefficient (Wildman–Crippen LogP) is 2.63. The maximum absolute atomic E-state index is 13.4. The number of pyridine rings is 1. The predicted molar refractivity (Wildman–Crippen MR) is 72.2 cm³/mol. The monoisotopic (exact) mass is 344 g/mol. The molecule has 0 spiro atoms. The largest absolute Gasteiger partial charge is 0.398 e. The minimum absolute atomic E-state index is 0.285. The van der Waals surface area contributed by atoms with Gasteiger partial charge in [-0.25, -0.2) is 4.39 Å². The summed E-state index contributed by atoms with van der Waals surface area (Å²) in [6.45, 7) is 1.14. The summed E-state index contributed by atoms with van der Waals surface area (Å²) in [5.74, 6) is -0.285. The normalized spacial score (nSPS) is 14.9. The number of nitrogen functional groups attached to an aromatic ring is 1. The summed E-state index contributed by atoms with van der Waals surface area (Å²) in [5.41, 5.74) is 9.35. The van der Waals surface area contributed by atoms with Crippen molar-refractivity contribution in [3.63, 3.8) is 0 Å². The molecule has 2 N–H and O–H groups in total.